The molecule has 2 nitrogen and oxygen atoms in total. The average Bonchev–Trinajstić information content (AvgIpc) is 2.15. The fourth-order valence-corrected chi connectivity index (χ4v) is 1.06. The van der Waals surface area contributed by atoms with E-state index in [2.05, 4.69) is 23.5 Å². The van der Waals surface area contributed by atoms with Crippen LogP contribution < -0.4 is 5.32 Å². The third-order valence-corrected chi connectivity index (χ3v) is 1.79. The molecule has 0 radical (unpaired) electrons. The maximum absolute atomic E-state index is 8.35. The van der Waals surface area contributed by atoms with E-state index in [4.69, 9.17) is 5.26 Å². The van der Waals surface area contributed by atoms with Crippen molar-refractivity contribution >= 4 is 0 Å². The van der Waals surface area contributed by atoms with Gasteiger partial charge in [-0.05, 0) is 12.5 Å². The van der Waals surface area contributed by atoms with Crippen LogP contribution in [-0.4, -0.2) is 6.54 Å². The second-order valence-corrected chi connectivity index (χ2v) is 2.67. The number of benzene rings is 1. The zero-order valence-corrected chi connectivity index (χ0v) is 7.12. The summed E-state index contributed by atoms with van der Waals surface area (Å²) in [7, 11) is 0. The van der Waals surface area contributed by atoms with E-state index in [-0.39, 0.29) is 6.04 Å². The second kappa shape index (κ2) is 4.53. The first-order valence-corrected chi connectivity index (χ1v) is 4.00. The summed E-state index contributed by atoms with van der Waals surface area (Å²) in [5, 5.41) is 11.4. The Morgan fingerprint density at radius 1 is 1.42 bits per heavy atom. The van der Waals surface area contributed by atoms with Gasteiger partial charge in [0, 0.05) is 6.04 Å². The van der Waals surface area contributed by atoms with Crippen LogP contribution in [0.25, 0.3) is 0 Å². The van der Waals surface area contributed by atoms with Gasteiger partial charge in [-0.2, -0.15) is 5.26 Å². The van der Waals surface area contributed by atoms with E-state index in [1.807, 2.05) is 25.1 Å². The molecule has 62 valence electrons. The Kier molecular flexibility index (Phi) is 3.31. The molecule has 1 atom stereocenters. The van der Waals surface area contributed by atoms with E-state index >= 15 is 0 Å². The topological polar surface area (TPSA) is 35.8 Å². The molecule has 0 aromatic heterocycles. The van der Waals surface area contributed by atoms with Gasteiger partial charge in [-0.1, -0.05) is 30.3 Å². The van der Waals surface area contributed by atoms with Crippen molar-refractivity contribution in [2.24, 2.45) is 0 Å². The Labute approximate surface area is 72.8 Å². The van der Waals surface area contributed by atoms with Crippen LogP contribution in [0.1, 0.15) is 18.5 Å². The lowest BCUT2D eigenvalue weighted by atomic mass is 10.1. The normalized spacial score (nSPS) is 12.0. The van der Waals surface area contributed by atoms with Crippen LogP contribution in [0, 0.1) is 11.3 Å². The minimum Gasteiger partial charge on any atom is -0.298 e. The van der Waals surface area contributed by atoms with E-state index in [9.17, 15) is 0 Å². The predicted molar refractivity (Wildman–Crippen MR) is 48.5 cm³/mol. The molecular formula is C10H12N2. The fraction of sp³-hybridized carbons (Fsp3) is 0.300. The molecule has 2 heteroatoms. The van der Waals surface area contributed by atoms with Crippen LogP contribution in [0.5, 0.6) is 0 Å². The van der Waals surface area contributed by atoms with Crippen molar-refractivity contribution in [1.29, 1.82) is 5.26 Å². The zero-order valence-electron chi connectivity index (χ0n) is 7.12. The van der Waals surface area contributed by atoms with E-state index in [1.54, 1.807) is 0 Å². The summed E-state index contributed by atoms with van der Waals surface area (Å²) in [5.41, 5.74) is 1.22. The third kappa shape index (κ3) is 2.37. The number of nitriles is 1. The summed E-state index contributed by atoms with van der Waals surface area (Å²) in [4.78, 5) is 0. The van der Waals surface area contributed by atoms with Crippen molar-refractivity contribution < 1.29 is 0 Å². The van der Waals surface area contributed by atoms with E-state index in [0.29, 0.717) is 6.54 Å². The van der Waals surface area contributed by atoms with Gasteiger partial charge >= 0.3 is 0 Å². The van der Waals surface area contributed by atoms with Crippen molar-refractivity contribution in [2.75, 3.05) is 6.54 Å². The molecule has 1 N–H and O–H groups in total. The molecule has 0 spiro atoms. The molecule has 12 heavy (non-hydrogen) atoms. The molecule has 0 aliphatic heterocycles. The van der Waals surface area contributed by atoms with Crippen molar-refractivity contribution in [3.8, 4) is 6.07 Å². The molecule has 0 aliphatic rings. The SMILES string of the molecule is C[C@@H](NCC#N)c1ccccc1. The lowest BCUT2D eigenvalue weighted by molar-refractivity contribution is 0.621. The molecule has 1 aromatic rings. The molecule has 0 amide bonds. The Bertz CT molecular complexity index is 261. The minimum absolute atomic E-state index is 0.255. The standard InChI is InChI=1S/C10H12N2/c1-9(12-8-7-11)10-5-3-2-4-6-10/h2-6,9,12H,8H2,1H3/t9-/m1/s1. The smallest absolute Gasteiger partial charge is 0.0845 e. The fourth-order valence-electron chi connectivity index (χ4n) is 1.06. The molecule has 0 bridgehead atoms. The maximum atomic E-state index is 8.35. The van der Waals surface area contributed by atoms with Gasteiger partial charge in [-0.15, -0.1) is 0 Å². The number of hydrogen-bond acceptors (Lipinski definition) is 2. The zero-order chi connectivity index (χ0) is 8.81. The molecule has 0 heterocycles. The van der Waals surface area contributed by atoms with Crippen LogP contribution in [0.2, 0.25) is 0 Å². The highest BCUT2D eigenvalue weighted by molar-refractivity contribution is 5.18. The molecule has 1 rings (SSSR count). The molecule has 0 saturated carbocycles. The number of rotatable bonds is 3. The van der Waals surface area contributed by atoms with Crippen LogP contribution in [-0.2, 0) is 0 Å². The van der Waals surface area contributed by atoms with Gasteiger partial charge in [0.15, 0.2) is 0 Å². The van der Waals surface area contributed by atoms with Gasteiger partial charge < -0.3 is 0 Å². The number of nitrogens with one attached hydrogen (secondary N) is 1. The Hall–Kier alpha value is -1.33. The number of hydrogen-bond donors (Lipinski definition) is 1. The summed E-state index contributed by atoms with van der Waals surface area (Å²) in [6.45, 7) is 2.45. The first kappa shape index (κ1) is 8.76. The first-order chi connectivity index (χ1) is 5.84. The molecule has 0 saturated heterocycles. The summed E-state index contributed by atoms with van der Waals surface area (Å²) >= 11 is 0. The Balaban J connectivity index is 2.55. The van der Waals surface area contributed by atoms with Crippen molar-refractivity contribution in [3.63, 3.8) is 0 Å². The Morgan fingerprint density at radius 3 is 2.67 bits per heavy atom. The monoisotopic (exact) mass is 160 g/mol. The predicted octanol–water partition coefficient (Wildman–Crippen LogP) is 1.86. The highest BCUT2D eigenvalue weighted by Gasteiger charge is 2.01. The van der Waals surface area contributed by atoms with E-state index < -0.39 is 0 Å². The summed E-state index contributed by atoms with van der Waals surface area (Å²) in [5.74, 6) is 0. The van der Waals surface area contributed by atoms with Crippen molar-refractivity contribution in [3.05, 3.63) is 35.9 Å². The van der Waals surface area contributed by atoms with Gasteiger partial charge in [-0.3, -0.25) is 5.32 Å². The van der Waals surface area contributed by atoms with Crippen LogP contribution in [0.3, 0.4) is 0 Å². The third-order valence-electron chi connectivity index (χ3n) is 1.79. The molecule has 0 aliphatic carbocycles. The van der Waals surface area contributed by atoms with Gasteiger partial charge in [0.25, 0.3) is 0 Å². The van der Waals surface area contributed by atoms with Gasteiger partial charge in [0.1, 0.15) is 0 Å². The maximum Gasteiger partial charge on any atom is 0.0845 e. The quantitative estimate of drug-likeness (QED) is 0.685. The largest absolute Gasteiger partial charge is 0.298 e. The molecule has 1 aromatic carbocycles. The van der Waals surface area contributed by atoms with Crippen LogP contribution in [0.4, 0.5) is 0 Å². The second-order valence-electron chi connectivity index (χ2n) is 2.67. The lowest BCUT2D eigenvalue weighted by Gasteiger charge is -2.10. The first-order valence-electron chi connectivity index (χ1n) is 4.00. The van der Waals surface area contributed by atoms with Gasteiger partial charge in [-0.25, -0.2) is 0 Å². The summed E-state index contributed by atoms with van der Waals surface area (Å²) in [6, 6.07) is 12.4. The van der Waals surface area contributed by atoms with Gasteiger partial charge in [0.05, 0.1) is 12.6 Å². The van der Waals surface area contributed by atoms with Crippen LogP contribution >= 0.6 is 0 Å². The van der Waals surface area contributed by atoms with Gasteiger partial charge in [0.2, 0.25) is 0 Å². The molecule has 0 fully saturated rings. The molecular weight excluding hydrogens is 148 g/mol. The highest BCUT2D eigenvalue weighted by atomic mass is 14.9. The van der Waals surface area contributed by atoms with Crippen LogP contribution in [0.15, 0.2) is 30.3 Å². The minimum atomic E-state index is 0.255. The lowest BCUT2D eigenvalue weighted by Crippen LogP contribution is -2.18. The van der Waals surface area contributed by atoms with Crippen molar-refractivity contribution in [2.45, 2.75) is 13.0 Å². The highest BCUT2D eigenvalue weighted by Crippen LogP contribution is 2.09. The molecule has 0 unspecified atom stereocenters. The number of nitrogens with zero attached hydrogens (tertiary/aromatic N) is 1. The Morgan fingerprint density at radius 2 is 2.08 bits per heavy atom. The van der Waals surface area contributed by atoms with E-state index in [0.717, 1.165) is 0 Å². The van der Waals surface area contributed by atoms with E-state index in [1.165, 1.54) is 5.56 Å². The summed E-state index contributed by atoms with van der Waals surface area (Å²) in [6.07, 6.45) is 0. The average molecular weight is 160 g/mol. The van der Waals surface area contributed by atoms with Crippen molar-refractivity contribution in [1.82, 2.24) is 5.32 Å². The summed E-state index contributed by atoms with van der Waals surface area (Å²) < 4.78 is 0.